The number of amides is 3. The van der Waals surface area contributed by atoms with Crippen LogP contribution in [-0.4, -0.2) is 68.6 Å². The smallest absolute Gasteiger partial charge is 0.253 e. The van der Waals surface area contributed by atoms with Gasteiger partial charge in [-0.25, -0.2) is 0 Å². The van der Waals surface area contributed by atoms with Gasteiger partial charge in [0.05, 0.1) is 33.0 Å². The molecule has 0 saturated carbocycles. The maximum Gasteiger partial charge on any atom is 0.253 e. The van der Waals surface area contributed by atoms with Crippen LogP contribution in [0.25, 0.3) is 11.1 Å². The molecular formula is C38H39N3O7. The lowest BCUT2D eigenvalue weighted by Crippen LogP contribution is -2.57. The number of fused-ring (bicyclic) bond motifs is 5. The van der Waals surface area contributed by atoms with Crippen LogP contribution in [0.5, 0.6) is 23.0 Å². The third-order valence-electron chi connectivity index (χ3n) is 8.55. The Morgan fingerprint density at radius 1 is 0.875 bits per heavy atom. The van der Waals surface area contributed by atoms with Crippen molar-refractivity contribution in [3.05, 3.63) is 108 Å². The van der Waals surface area contributed by atoms with Gasteiger partial charge < -0.3 is 34.5 Å². The summed E-state index contributed by atoms with van der Waals surface area (Å²) in [5, 5.41) is 6.00. The Morgan fingerprint density at radius 2 is 1.73 bits per heavy atom. The number of carbonyl (C=O) groups is 3. The lowest BCUT2D eigenvalue weighted by molar-refractivity contribution is -0.124. The molecule has 248 valence electrons. The first-order chi connectivity index (χ1) is 23.4. The molecule has 6 rings (SSSR count). The van der Waals surface area contributed by atoms with Crippen LogP contribution in [0.1, 0.15) is 45.5 Å². The maximum absolute atomic E-state index is 13.8. The monoisotopic (exact) mass is 649 g/mol. The molecule has 4 aromatic rings. The molecule has 10 nitrogen and oxygen atoms in total. The maximum atomic E-state index is 13.8. The number of para-hydroxylation sites is 1. The largest absolute Gasteiger partial charge is 0.497 e. The molecule has 0 spiro atoms. The molecule has 1 fully saturated rings. The number of nitrogens with zero attached hydrogens (tertiary/aromatic N) is 1. The molecule has 2 heterocycles. The van der Waals surface area contributed by atoms with Crippen LogP contribution >= 0.6 is 0 Å². The van der Waals surface area contributed by atoms with Gasteiger partial charge >= 0.3 is 0 Å². The number of methoxy groups -OCH3 is 2. The van der Waals surface area contributed by atoms with Gasteiger partial charge in [-0.2, -0.15) is 0 Å². The van der Waals surface area contributed by atoms with E-state index in [9.17, 15) is 14.4 Å². The number of carbonyl (C=O) groups excluding carboxylic acids is 3. The fraction of sp³-hybridized carbons (Fsp3) is 0.289. The van der Waals surface area contributed by atoms with E-state index in [1.54, 1.807) is 30.2 Å². The van der Waals surface area contributed by atoms with Gasteiger partial charge in [0.15, 0.2) is 0 Å². The van der Waals surface area contributed by atoms with Crippen LogP contribution in [0.3, 0.4) is 0 Å². The van der Waals surface area contributed by atoms with E-state index >= 15 is 0 Å². The van der Waals surface area contributed by atoms with Gasteiger partial charge in [0.1, 0.15) is 23.0 Å². The Bertz CT molecular complexity index is 1790. The first-order valence-electron chi connectivity index (χ1n) is 16.1. The van der Waals surface area contributed by atoms with Crippen LogP contribution in [0.15, 0.2) is 91.0 Å². The molecule has 2 N–H and O–H groups in total. The second-order valence-corrected chi connectivity index (χ2v) is 11.9. The summed E-state index contributed by atoms with van der Waals surface area (Å²) in [7, 11) is 3.16. The van der Waals surface area contributed by atoms with Gasteiger partial charge in [-0.05, 0) is 66.4 Å². The van der Waals surface area contributed by atoms with Crippen LogP contribution in [0, 0.1) is 0 Å². The van der Waals surface area contributed by atoms with Gasteiger partial charge in [0.25, 0.3) is 11.8 Å². The van der Waals surface area contributed by atoms with Crippen molar-refractivity contribution in [2.45, 2.75) is 38.0 Å². The molecule has 2 atom stereocenters. The predicted molar refractivity (Wildman–Crippen MR) is 181 cm³/mol. The molecule has 48 heavy (non-hydrogen) atoms. The highest BCUT2D eigenvalue weighted by atomic mass is 16.5. The molecule has 2 aliphatic rings. The standard InChI is InChI=1S/C38H39N3O7/c1-45-30-20-28-21-31(22-30)48-29-11-5-8-25(18-29)24-47-35-15-17-41(23-33(35)40-36(42)14-7-16-39-37(28)43)38(44)27-10-6-9-26(19-27)32-12-3-4-13-34(32)46-2/h3-6,8-13,18-22,33,35H,7,14-17,23-24H2,1-2H3,(H,39,43)(H,40,42)/t33-,35-/m0/s1. The number of likely N-dealkylation sites (tertiary alicyclic amines) is 1. The number of hydrogen-bond donors (Lipinski definition) is 2. The van der Waals surface area contributed by atoms with Gasteiger partial charge in [-0.15, -0.1) is 0 Å². The number of rotatable bonds is 4. The zero-order chi connectivity index (χ0) is 33.5. The minimum atomic E-state index is -0.423. The van der Waals surface area contributed by atoms with Crippen LogP contribution in [0.4, 0.5) is 0 Å². The van der Waals surface area contributed by atoms with Gasteiger partial charge in [-0.1, -0.05) is 42.5 Å². The Labute approximate surface area is 279 Å². The van der Waals surface area contributed by atoms with Crippen LogP contribution in [0.2, 0.25) is 0 Å². The molecule has 0 aliphatic carbocycles. The lowest BCUT2D eigenvalue weighted by Gasteiger charge is -2.39. The average molecular weight is 650 g/mol. The van der Waals surface area contributed by atoms with E-state index in [-0.39, 0.29) is 36.9 Å². The molecule has 3 amide bonds. The Balaban J connectivity index is 1.21. The van der Waals surface area contributed by atoms with Crippen molar-refractivity contribution in [1.29, 1.82) is 0 Å². The van der Waals surface area contributed by atoms with E-state index < -0.39 is 6.04 Å². The average Bonchev–Trinajstić information content (AvgIpc) is 3.12. The van der Waals surface area contributed by atoms with Crippen molar-refractivity contribution in [3.63, 3.8) is 0 Å². The number of piperidine rings is 1. The SMILES string of the molecule is COc1cc2cc(c1)C(=O)NCCCC(=O)N[C@H]1CN(C(=O)c3cccc(-c4ccccc4OC)c3)CC[C@@H]1OCc1cccc(c1)O2. The highest BCUT2D eigenvalue weighted by Crippen LogP contribution is 2.31. The molecule has 0 radical (unpaired) electrons. The lowest BCUT2D eigenvalue weighted by atomic mass is 9.98. The third kappa shape index (κ3) is 7.78. The fourth-order valence-electron chi connectivity index (χ4n) is 6.09. The van der Waals surface area contributed by atoms with E-state index in [1.807, 2.05) is 72.8 Å². The second-order valence-electron chi connectivity index (χ2n) is 11.9. The summed E-state index contributed by atoms with van der Waals surface area (Å²) in [6.07, 6.45) is 0.864. The number of ether oxygens (including phenoxy) is 4. The van der Waals surface area contributed by atoms with Crippen molar-refractivity contribution in [1.82, 2.24) is 15.5 Å². The van der Waals surface area contributed by atoms with Crippen LogP contribution in [-0.2, 0) is 16.1 Å². The summed E-state index contributed by atoms with van der Waals surface area (Å²) in [4.78, 5) is 41.7. The molecule has 4 aromatic carbocycles. The zero-order valence-corrected chi connectivity index (χ0v) is 27.1. The van der Waals surface area contributed by atoms with Crippen molar-refractivity contribution in [2.75, 3.05) is 33.9 Å². The van der Waals surface area contributed by atoms with E-state index in [4.69, 9.17) is 18.9 Å². The molecule has 2 aliphatic heterocycles. The molecule has 1 saturated heterocycles. The zero-order valence-electron chi connectivity index (χ0n) is 27.1. The topological polar surface area (TPSA) is 115 Å². The number of benzene rings is 4. The first-order valence-corrected chi connectivity index (χ1v) is 16.1. The second kappa shape index (κ2) is 15.0. The molecular weight excluding hydrogens is 610 g/mol. The summed E-state index contributed by atoms with van der Waals surface area (Å²) in [6.45, 7) is 1.36. The predicted octanol–water partition coefficient (Wildman–Crippen LogP) is 5.60. The summed E-state index contributed by atoms with van der Waals surface area (Å²) in [5.41, 5.74) is 3.60. The fourth-order valence-corrected chi connectivity index (χ4v) is 6.09. The van der Waals surface area contributed by atoms with E-state index in [2.05, 4.69) is 10.6 Å². The summed E-state index contributed by atoms with van der Waals surface area (Å²) in [5.74, 6) is 1.68. The third-order valence-corrected chi connectivity index (χ3v) is 8.55. The number of hydrogen-bond acceptors (Lipinski definition) is 7. The normalized spacial score (nSPS) is 18.6. The quantitative estimate of drug-likeness (QED) is 0.296. The van der Waals surface area contributed by atoms with Crippen molar-refractivity contribution < 1.29 is 33.3 Å². The van der Waals surface area contributed by atoms with Crippen molar-refractivity contribution >= 4 is 17.7 Å². The Hall–Kier alpha value is -5.35. The summed E-state index contributed by atoms with van der Waals surface area (Å²) in [6, 6.07) is 27.3. The molecule has 0 unspecified atom stereocenters. The van der Waals surface area contributed by atoms with Gasteiger partial charge in [0, 0.05) is 48.8 Å². The highest BCUT2D eigenvalue weighted by Gasteiger charge is 2.34. The Kier molecular flexibility index (Phi) is 10.2. The molecule has 4 bridgehead atoms. The number of nitrogens with one attached hydrogen (secondary N) is 2. The van der Waals surface area contributed by atoms with Crippen LogP contribution < -0.4 is 24.8 Å². The van der Waals surface area contributed by atoms with Gasteiger partial charge in [0.2, 0.25) is 5.91 Å². The Morgan fingerprint density at radius 3 is 2.58 bits per heavy atom. The molecule has 10 heteroatoms. The van der Waals surface area contributed by atoms with Gasteiger partial charge in [-0.3, -0.25) is 14.4 Å². The minimum absolute atomic E-state index is 0.119. The van der Waals surface area contributed by atoms with E-state index in [1.165, 1.54) is 7.11 Å². The van der Waals surface area contributed by atoms with Crippen molar-refractivity contribution in [2.24, 2.45) is 0 Å². The minimum Gasteiger partial charge on any atom is -0.497 e. The summed E-state index contributed by atoms with van der Waals surface area (Å²) < 4.78 is 23.5. The summed E-state index contributed by atoms with van der Waals surface area (Å²) >= 11 is 0. The molecule has 0 aromatic heterocycles. The van der Waals surface area contributed by atoms with E-state index in [0.717, 1.165) is 22.4 Å². The highest BCUT2D eigenvalue weighted by molar-refractivity contribution is 5.96. The van der Waals surface area contributed by atoms with Crippen molar-refractivity contribution in [3.8, 4) is 34.1 Å². The van der Waals surface area contributed by atoms with E-state index in [0.29, 0.717) is 60.9 Å². The first kappa shape index (κ1) is 32.6.